The van der Waals surface area contributed by atoms with Crippen LogP contribution in [0.4, 0.5) is 5.69 Å². The molecule has 2 amide bonds. The van der Waals surface area contributed by atoms with Crippen LogP contribution in [0.2, 0.25) is 0 Å². The Hall–Kier alpha value is -4.65. The highest BCUT2D eigenvalue weighted by atomic mass is 16.5. The predicted molar refractivity (Wildman–Crippen MR) is 140 cm³/mol. The van der Waals surface area contributed by atoms with Crippen molar-refractivity contribution in [2.45, 2.75) is 18.9 Å². The predicted octanol–water partition coefficient (Wildman–Crippen LogP) is 5.09. The zero-order valence-corrected chi connectivity index (χ0v) is 19.8. The van der Waals surface area contributed by atoms with Gasteiger partial charge in [0.05, 0.1) is 12.8 Å². The lowest BCUT2D eigenvalue weighted by atomic mass is 10.1. The van der Waals surface area contributed by atoms with Gasteiger partial charge >= 0.3 is 0 Å². The second kappa shape index (κ2) is 10.3. The number of aromatic nitrogens is 2. The summed E-state index contributed by atoms with van der Waals surface area (Å²) in [6, 6.07) is 24.6. The number of amides is 2. The third kappa shape index (κ3) is 5.36. The molecule has 0 aliphatic heterocycles. The quantitative estimate of drug-likeness (QED) is 0.346. The molecule has 0 radical (unpaired) electrons. The van der Waals surface area contributed by atoms with Crippen LogP contribution >= 0.6 is 0 Å². The molecule has 5 rings (SSSR count). The van der Waals surface area contributed by atoms with Crippen LogP contribution in [0.3, 0.4) is 0 Å². The first kappa shape index (κ1) is 23.1. The molecule has 0 atom stereocenters. The Morgan fingerprint density at radius 2 is 1.69 bits per heavy atom. The number of nitrogens with zero attached hydrogens (tertiary/aromatic N) is 2. The summed E-state index contributed by atoms with van der Waals surface area (Å²) in [6.07, 6.45) is 7.17. The van der Waals surface area contributed by atoms with Gasteiger partial charge in [-0.05, 0) is 67.4 Å². The van der Waals surface area contributed by atoms with E-state index < -0.39 is 0 Å². The van der Waals surface area contributed by atoms with E-state index in [4.69, 9.17) is 9.84 Å². The fourth-order valence-corrected chi connectivity index (χ4v) is 3.82. The van der Waals surface area contributed by atoms with Crippen molar-refractivity contribution in [1.29, 1.82) is 0 Å². The molecule has 7 heteroatoms. The number of methoxy groups -OCH3 is 1. The first-order chi connectivity index (χ1) is 17.6. The molecule has 1 heterocycles. The average molecular weight is 479 g/mol. The van der Waals surface area contributed by atoms with Crippen molar-refractivity contribution in [3.8, 4) is 22.7 Å². The minimum atomic E-state index is -0.288. The highest BCUT2D eigenvalue weighted by Crippen LogP contribution is 2.32. The molecule has 2 N–H and O–H groups in total. The number of para-hydroxylation sites is 2. The van der Waals surface area contributed by atoms with Crippen LogP contribution in [0.1, 0.15) is 28.8 Å². The Morgan fingerprint density at radius 3 is 2.42 bits per heavy atom. The van der Waals surface area contributed by atoms with Crippen molar-refractivity contribution < 1.29 is 14.3 Å². The van der Waals surface area contributed by atoms with Gasteiger partial charge in [0, 0.05) is 40.7 Å². The van der Waals surface area contributed by atoms with Crippen LogP contribution in [-0.2, 0) is 4.79 Å². The molecule has 36 heavy (non-hydrogen) atoms. The largest absolute Gasteiger partial charge is 0.496 e. The molecule has 1 aromatic heterocycles. The Morgan fingerprint density at radius 1 is 0.972 bits per heavy atom. The number of rotatable bonds is 8. The van der Waals surface area contributed by atoms with E-state index in [1.807, 2.05) is 60.8 Å². The standard InChI is InChI=1S/C29H26N4O3/c1-36-26-10-6-5-9-25(26)28-21(19-33(32-28)24-7-3-2-4-8-24)13-18-27(34)30-22-14-11-20(12-15-22)29(35)31-23-16-17-23/h2-15,18-19,23H,16-17H2,1H3,(H,30,34)(H,31,35)/b18-13+. The highest BCUT2D eigenvalue weighted by molar-refractivity contribution is 6.03. The Labute approximate surface area is 209 Å². The maximum absolute atomic E-state index is 12.7. The molecule has 4 aromatic rings. The van der Waals surface area contributed by atoms with E-state index in [0.717, 1.165) is 29.7 Å². The third-order valence-corrected chi connectivity index (χ3v) is 5.87. The van der Waals surface area contributed by atoms with Crippen LogP contribution in [0.5, 0.6) is 5.75 Å². The first-order valence-electron chi connectivity index (χ1n) is 11.8. The number of benzene rings is 3. The smallest absolute Gasteiger partial charge is 0.251 e. The lowest BCUT2D eigenvalue weighted by Gasteiger charge is -2.07. The molecule has 1 aliphatic rings. The van der Waals surface area contributed by atoms with Gasteiger partial charge in [-0.15, -0.1) is 0 Å². The summed E-state index contributed by atoms with van der Waals surface area (Å²) in [7, 11) is 1.62. The first-order valence-corrected chi connectivity index (χ1v) is 11.8. The van der Waals surface area contributed by atoms with E-state index in [-0.39, 0.29) is 11.8 Å². The van der Waals surface area contributed by atoms with Crippen LogP contribution in [0, 0.1) is 0 Å². The third-order valence-electron chi connectivity index (χ3n) is 5.87. The van der Waals surface area contributed by atoms with Gasteiger partial charge in [0.1, 0.15) is 11.4 Å². The second-order valence-electron chi connectivity index (χ2n) is 8.56. The summed E-state index contributed by atoms with van der Waals surface area (Å²) in [5.74, 6) is 0.318. The molecule has 7 nitrogen and oxygen atoms in total. The van der Waals surface area contributed by atoms with Gasteiger partial charge in [0.2, 0.25) is 5.91 Å². The van der Waals surface area contributed by atoms with Gasteiger partial charge in [-0.2, -0.15) is 5.10 Å². The lowest BCUT2D eigenvalue weighted by molar-refractivity contribution is -0.111. The lowest BCUT2D eigenvalue weighted by Crippen LogP contribution is -2.25. The van der Waals surface area contributed by atoms with Crippen molar-refractivity contribution in [1.82, 2.24) is 15.1 Å². The van der Waals surface area contributed by atoms with Gasteiger partial charge in [-0.3, -0.25) is 9.59 Å². The summed E-state index contributed by atoms with van der Waals surface area (Å²) in [5, 5.41) is 10.6. The SMILES string of the molecule is COc1ccccc1-c1nn(-c2ccccc2)cc1/C=C/C(=O)Nc1ccc(C(=O)NC2CC2)cc1. The number of hydrogen-bond donors (Lipinski definition) is 2. The molecule has 0 bridgehead atoms. The number of ether oxygens (including phenoxy) is 1. The fourth-order valence-electron chi connectivity index (χ4n) is 3.82. The van der Waals surface area contributed by atoms with Crippen molar-refractivity contribution in [2.75, 3.05) is 12.4 Å². The topological polar surface area (TPSA) is 85.2 Å². The van der Waals surface area contributed by atoms with E-state index >= 15 is 0 Å². The summed E-state index contributed by atoms with van der Waals surface area (Å²) >= 11 is 0. The normalized spacial score (nSPS) is 12.9. The molecule has 1 saturated carbocycles. The number of nitrogens with one attached hydrogen (secondary N) is 2. The van der Waals surface area contributed by atoms with Crippen LogP contribution < -0.4 is 15.4 Å². The van der Waals surface area contributed by atoms with E-state index in [2.05, 4.69) is 10.6 Å². The maximum atomic E-state index is 12.7. The van der Waals surface area contributed by atoms with Gasteiger partial charge < -0.3 is 15.4 Å². The molecule has 1 aliphatic carbocycles. The summed E-state index contributed by atoms with van der Waals surface area (Å²) in [5.41, 5.74) is 4.39. The average Bonchev–Trinajstić information content (AvgIpc) is 3.63. The van der Waals surface area contributed by atoms with Crippen LogP contribution in [0.15, 0.2) is 91.1 Å². The van der Waals surface area contributed by atoms with E-state index in [1.54, 1.807) is 42.1 Å². The monoisotopic (exact) mass is 478 g/mol. The Balaban J connectivity index is 1.36. The number of carbonyl (C=O) groups excluding carboxylic acids is 2. The van der Waals surface area contributed by atoms with Gasteiger partial charge in [-0.1, -0.05) is 30.3 Å². The minimum Gasteiger partial charge on any atom is -0.496 e. The molecule has 0 saturated heterocycles. The second-order valence-corrected chi connectivity index (χ2v) is 8.56. The van der Waals surface area contributed by atoms with Gasteiger partial charge in [-0.25, -0.2) is 4.68 Å². The summed E-state index contributed by atoms with van der Waals surface area (Å²) in [4.78, 5) is 24.8. The fraction of sp³-hybridized carbons (Fsp3) is 0.138. The zero-order chi connectivity index (χ0) is 24.9. The molecule has 0 spiro atoms. The van der Waals surface area contributed by atoms with E-state index in [0.29, 0.717) is 28.7 Å². The molecule has 3 aromatic carbocycles. The molecule has 180 valence electrons. The Kier molecular flexibility index (Phi) is 6.62. The molecular formula is C29H26N4O3. The van der Waals surface area contributed by atoms with Gasteiger partial charge in [0.25, 0.3) is 5.91 Å². The number of anilines is 1. The summed E-state index contributed by atoms with van der Waals surface area (Å²) < 4.78 is 7.33. The number of carbonyl (C=O) groups is 2. The maximum Gasteiger partial charge on any atom is 0.251 e. The van der Waals surface area contributed by atoms with Gasteiger partial charge in [0.15, 0.2) is 0 Å². The van der Waals surface area contributed by atoms with E-state index in [9.17, 15) is 9.59 Å². The van der Waals surface area contributed by atoms with Crippen molar-refractivity contribution >= 4 is 23.6 Å². The minimum absolute atomic E-state index is 0.0884. The molecular weight excluding hydrogens is 452 g/mol. The Bertz CT molecular complexity index is 1400. The van der Waals surface area contributed by atoms with Crippen LogP contribution in [0.25, 0.3) is 23.0 Å². The summed E-state index contributed by atoms with van der Waals surface area (Å²) in [6.45, 7) is 0. The van der Waals surface area contributed by atoms with Crippen molar-refractivity contribution in [3.63, 3.8) is 0 Å². The highest BCUT2D eigenvalue weighted by Gasteiger charge is 2.23. The van der Waals surface area contributed by atoms with Crippen molar-refractivity contribution in [2.24, 2.45) is 0 Å². The van der Waals surface area contributed by atoms with Crippen LogP contribution in [-0.4, -0.2) is 34.7 Å². The number of hydrogen-bond acceptors (Lipinski definition) is 4. The van der Waals surface area contributed by atoms with Crippen molar-refractivity contribution in [3.05, 3.63) is 102 Å². The molecule has 0 unspecified atom stereocenters. The molecule has 1 fully saturated rings. The van der Waals surface area contributed by atoms with E-state index in [1.165, 1.54) is 6.08 Å². The zero-order valence-electron chi connectivity index (χ0n) is 19.8.